The van der Waals surface area contributed by atoms with Gasteiger partial charge in [-0.25, -0.2) is 0 Å². The van der Waals surface area contributed by atoms with E-state index in [1.54, 1.807) is 6.20 Å². The third-order valence-electron chi connectivity index (χ3n) is 3.99. The van der Waals surface area contributed by atoms with E-state index >= 15 is 0 Å². The van der Waals surface area contributed by atoms with Gasteiger partial charge in [-0.2, -0.15) is 5.10 Å². The normalized spacial score (nSPS) is 15.4. The molecule has 1 saturated heterocycles. The molecule has 2 aromatic heterocycles. The molecule has 1 N–H and O–H groups in total. The molecule has 2 aromatic rings. The zero-order chi connectivity index (χ0) is 16.8. The number of amides is 1. The van der Waals surface area contributed by atoms with Crippen molar-refractivity contribution in [1.82, 2.24) is 19.8 Å². The van der Waals surface area contributed by atoms with Crippen LogP contribution in [0.25, 0.3) is 0 Å². The molecule has 3 heterocycles. The van der Waals surface area contributed by atoms with E-state index in [4.69, 9.17) is 9.26 Å². The van der Waals surface area contributed by atoms with Crippen molar-refractivity contribution in [2.24, 2.45) is 0 Å². The van der Waals surface area contributed by atoms with Crippen LogP contribution < -0.4 is 10.1 Å². The van der Waals surface area contributed by atoms with Crippen LogP contribution in [0, 0.1) is 0 Å². The molecule has 130 valence electrons. The van der Waals surface area contributed by atoms with E-state index in [9.17, 15) is 4.79 Å². The summed E-state index contributed by atoms with van der Waals surface area (Å²) in [5.74, 6) is 0.0448. The van der Waals surface area contributed by atoms with Crippen molar-refractivity contribution in [2.45, 2.75) is 32.7 Å². The second kappa shape index (κ2) is 7.96. The van der Waals surface area contributed by atoms with Gasteiger partial charge in [-0.05, 0) is 38.0 Å². The van der Waals surface area contributed by atoms with E-state index in [0.717, 1.165) is 13.1 Å². The summed E-state index contributed by atoms with van der Waals surface area (Å²) >= 11 is 0. The number of ether oxygens (including phenoxy) is 1. The number of carbonyl (C=O) groups excluding carboxylic acids is 1. The smallest absolute Gasteiger partial charge is 0.294 e. The van der Waals surface area contributed by atoms with Gasteiger partial charge in [0.15, 0.2) is 0 Å². The van der Waals surface area contributed by atoms with E-state index in [-0.39, 0.29) is 11.7 Å². The second-order valence-corrected chi connectivity index (χ2v) is 5.81. The van der Waals surface area contributed by atoms with E-state index in [1.807, 2.05) is 17.8 Å². The lowest BCUT2D eigenvalue weighted by molar-refractivity contribution is 0.0987. The highest BCUT2D eigenvalue weighted by molar-refractivity contribution is 6.02. The highest BCUT2D eigenvalue weighted by Crippen LogP contribution is 2.14. The maximum absolute atomic E-state index is 12.1. The third kappa shape index (κ3) is 4.35. The number of nitrogens with one attached hydrogen (secondary N) is 1. The monoisotopic (exact) mass is 333 g/mol. The van der Waals surface area contributed by atoms with Crippen molar-refractivity contribution in [3.63, 3.8) is 0 Å². The van der Waals surface area contributed by atoms with Crippen LogP contribution in [0.15, 0.2) is 23.0 Å². The summed E-state index contributed by atoms with van der Waals surface area (Å²) in [6.45, 7) is 6.43. The summed E-state index contributed by atoms with van der Waals surface area (Å²) in [7, 11) is 0. The Labute approximate surface area is 140 Å². The average Bonchev–Trinajstić information content (AvgIpc) is 3.24. The van der Waals surface area contributed by atoms with Crippen LogP contribution in [0.5, 0.6) is 5.88 Å². The first kappa shape index (κ1) is 16.5. The molecular formula is C16H23N5O3. The molecule has 0 aromatic carbocycles. The van der Waals surface area contributed by atoms with Crippen LogP contribution >= 0.6 is 0 Å². The van der Waals surface area contributed by atoms with Gasteiger partial charge in [0.05, 0.1) is 31.1 Å². The Kier molecular flexibility index (Phi) is 5.47. The van der Waals surface area contributed by atoms with Crippen LogP contribution in [-0.4, -0.2) is 52.0 Å². The van der Waals surface area contributed by atoms with Crippen LogP contribution in [0.2, 0.25) is 0 Å². The predicted molar refractivity (Wildman–Crippen MR) is 88.1 cm³/mol. The van der Waals surface area contributed by atoms with Gasteiger partial charge in [0.1, 0.15) is 0 Å². The molecule has 1 fully saturated rings. The fraction of sp³-hybridized carbons (Fsp3) is 0.562. The molecule has 3 rings (SSSR count). The summed E-state index contributed by atoms with van der Waals surface area (Å²) < 4.78 is 12.0. The molecule has 0 aliphatic carbocycles. The fourth-order valence-corrected chi connectivity index (χ4v) is 2.75. The largest absolute Gasteiger partial charge is 0.476 e. The number of carbonyl (C=O) groups is 1. The Morgan fingerprint density at radius 2 is 2.17 bits per heavy atom. The van der Waals surface area contributed by atoms with Gasteiger partial charge in [0, 0.05) is 12.7 Å². The fourth-order valence-electron chi connectivity index (χ4n) is 2.75. The highest BCUT2D eigenvalue weighted by atomic mass is 16.5. The predicted octanol–water partition coefficient (Wildman–Crippen LogP) is 2.01. The first-order valence-electron chi connectivity index (χ1n) is 8.40. The number of anilines is 1. The molecule has 8 heteroatoms. The van der Waals surface area contributed by atoms with Crippen molar-refractivity contribution in [3.8, 4) is 5.88 Å². The maximum Gasteiger partial charge on any atom is 0.294 e. The van der Waals surface area contributed by atoms with Gasteiger partial charge in [-0.1, -0.05) is 6.42 Å². The van der Waals surface area contributed by atoms with Gasteiger partial charge in [0.25, 0.3) is 11.8 Å². The van der Waals surface area contributed by atoms with Crippen molar-refractivity contribution in [2.75, 3.05) is 31.6 Å². The van der Waals surface area contributed by atoms with Gasteiger partial charge in [-0.3, -0.25) is 9.48 Å². The molecule has 0 saturated carbocycles. The lowest BCUT2D eigenvalue weighted by Gasteiger charge is -2.26. The number of hydrogen-bond acceptors (Lipinski definition) is 6. The van der Waals surface area contributed by atoms with E-state index in [0.29, 0.717) is 18.2 Å². The molecule has 1 aliphatic heterocycles. The van der Waals surface area contributed by atoms with Crippen LogP contribution in [0.1, 0.15) is 36.7 Å². The summed E-state index contributed by atoms with van der Waals surface area (Å²) in [6, 6.07) is 1.47. The Hall–Kier alpha value is -2.35. The summed E-state index contributed by atoms with van der Waals surface area (Å²) in [4.78, 5) is 14.6. The van der Waals surface area contributed by atoms with Crippen LogP contribution in [-0.2, 0) is 6.54 Å². The molecule has 0 atom stereocenters. The summed E-state index contributed by atoms with van der Waals surface area (Å²) in [6.07, 6.45) is 7.35. The van der Waals surface area contributed by atoms with E-state index in [2.05, 4.69) is 20.5 Å². The quantitative estimate of drug-likeness (QED) is 0.834. The van der Waals surface area contributed by atoms with Crippen LogP contribution in [0.3, 0.4) is 0 Å². The Morgan fingerprint density at radius 1 is 1.33 bits per heavy atom. The lowest BCUT2D eigenvalue weighted by atomic mass is 10.1. The summed E-state index contributed by atoms with van der Waals surface area (Å²) in [5.41, 5.74) is 0.632. The topological polar surface area (TPSA) is 85.4 Å². The van der Waals surface area contributed by atoms with E-state index in [1.165, 1.54) is 38.4 Å². The Morgan fingerprint density at radius 3 is 2.96 bits per heavy atom. The minimum Gasteiger partial charge on any atom is -0.476 e. The van der Waals surface area contributed by atoms with Gasteiger partial charge in [-0.15, -0.1) is 0 Å². The minimum atomic E-state index is -0.371. The molecule has 1 amide bonds. The van der Waals surface area contributed by atoms with Crippen LogP contribution in [0.4, 0.5) is 5.69 Å². The number of rotatable bonds is 7. The molecule has 24 heavy (non-hydrogen) atoms. The standard InChI is InChI=1S/C16H23N5O3/c1-2-23-15-10-14(24-19-15)16(22)18-13-11-17-21(12-13)9-8-20-6-4-3-5-7-20/h10-12H,2-9H2,1H3,(H,18,22). The zero-order valence-corrected chi connectivity index (χ0v) is 13.9. The van der Waals surface area contributed by atoms with Crippen molar-refractivity contribution >= 4 is 11.6 Å². The molecule has 0 radical (unpaired) electrons. The number of hydrogen-bond donors (Lipinski definition) is 1. The van der Waals surface area contributed by atoms with Crippen molar-refractivity contribution < 1.29 is 14.1 Å². The minimum absolute atomic E-state index is 0.111. The van der Waals surface area contributed by atoms with Gasteiger partial charge < -0.3 is 19.5 Å². The van der Waals surface area contributed by atoms with Crippen molar-refractivity contribution in [1.29, 1.82) is 0 Å². The van der Waals surface area contributed by atoms with Gasteiger partial charge in [0.2, 0.25) is 5.76 Å². The molecule has 0 unspecified atom stereocenters. The lowest BCUT2D eigenvalue weighted by Crippen LogP contribution is -2.32. The third-order valence-corrected chi connectivity index (χ3v) is 3.99. The highest BCUT2D eigenvalue weighted by Gasteiger charge is 2.15. The van der Waals surface area contributed by atoms with E-state index < -0.39 is 0 Å². The molecule has 0 spiro atoms. The first-order valence-corrected chi connectivity index (χ1v) is 8.40. The maximum atomic E-state index is 12.1. The molecular weight excluding hydrogens is 310 g/mol. The first-order chi connectivity index (χ1) is 11.7. The van der Waals surface area contributed by atoms with Crippen molar-refractivity contribution in [3.05, 3.63) is 24.2 Å². The molecule has 1 aliphatic rings. The zero-order valence-electron chi connectivity index (χ0n) is 13.9. The molecule has 0 bridgehead atoms. The number of piperidine rings is 1. The Bertz CT molecular complexity index is 660. The number of aromatic nitrogens is 3. The number of nitrogens with zero attached hydrogens (tertiary/aromatic N) is 4. The average molecular weight is 333 g/mol. The Balaban J connectivity index is 1.50. The summed E-state index contributed by atoms with van der Waals surface area (Å²) in [5, 5.41) is 10.7. The molecule has 8 nitrogen and oxygen atoms in total. The second-order valence-electron chi connectivity index (χ2n) is 5.81. The van der Waals surface area contributed by atoms with Gasteiger partial charge >= 0.3 is 0 Å². The SMILES string of the molecule is CCOc1cc(C(=O)Nc2cnn(CCN3CCCCC3)c2)on1. The number of likely N-dealkylation sites (tertiary alicyclic amines) is 1.